The van der Waals surface area contributed by atoms with Gasteiger partial charge in [0.05, 0.1) is 5.76 Å². The topological polar surface area (TPSA) is 9.23 Å². The number of hydrogen-bond donors (Lipinski definition) is 0. The van der Waals surface area contributed by atoms with Gasteiger partial charge in [-0.05, 0) is 39.1 Å². The lowest BCUT2D eigenvalue weighted by Gasteiger charge is -2.19. The average molecular weight is 158 g/mol. The molecule has 0 aromatic heterocycles. The molecule has 10 heavy (non-hydrogen) atoms. The van der Waals surface area contributed by atoms with Gasteiger partial charge in [0.2, 0.25) is 8.32 Å². The molecule has 0 aromatic rings. The van der Waals surface area contributed by atoms with Crippen molar-refractivity contribution < 1.29 is 4.43 Å². The summed E-state index contributed by atoms with van der Waals surface area (Å²) in [6, 6.07) is 0. The molecule has 0 amide bonds. The summed E-state index contributed by atoms with van der Waals surface area (Å²) in [4.78, 5) is 0. The van der Waals surface area contributed by atoms with Crippen LogP contribution in [0.4, 0.5) is 0 Å². The highest BCUT2D eigenvalue weighted by Crippen LogP contribution is 2.09. The lowest BCUT2D eigenvalue weighted by Crippen LogP contribution is -2.24. The van der Waals surface area contributed by atoms with Gasteiger partial charge in [-0.15, -0.1) is 0 Å². The van der Waals surface area contributed by atoms with E-state index in [1.807, 2.05) is 6.92 Å². The van der Waals surface area contributed by atoms with Gasteiger partial charge in [0, 0.05) is 0 Å². The van der Waals surface area contributed by atoms with Crippen molar-refractivity contribution in [1.29, 1.82) is 0 Å². The minimum atomic E-state index is -1.33. The van der Waals surface area contributed by atoms with Crippen LogP contribution in [0.5, 0.6) is 0 Å². The third-order valence-corrected chi connectivity index (χ3v) is 1.89. The minimum absolute atomic E-state index is 1.07. The maximum Gasteiger partial charge on any atom is 0.241 e. The molecular formula is C8H18OSi. The largest absolute Gasteiger partial charge is 0.548 e. The molecule has 0 rings (SSSR count). The van der Waals surface area contributed by atoms with E-state index in [0.29, 0.717) is 0 Å². The monoisotopic (exact) mass is 158 g/mol. The normalized spacial score (nSPS) is 13.5. The molecule has 0 unspecified atom stereocenters. The van der Waals surface area contributed by atoms with Crippen LogP contribution in [0.2, 0.25) is 19.6 Å². The molecule has 0 bridgehead atoms. The Kier molecular flexibility index (Phi) is 3.72. The number of allylic oxidation sites excluding steroid dienone is 2. The van der Waals surface area contributed by atoms with E-state index >= 15 is 0 Å². The third-order valence-electron chi connectivity index (χ3n) is 0.959. The predicted octanol–water partition coefficient (Wildman–Crippen LogP) is 3.15. The SMILES string of the molecule is CC/C=C(/C)O[Si](C)(C)C. The average Bonchev–Trinajstić information content (AvgIpc) is 1.59. The van der Waals surface area contributed by atoms with Crippen molar-refractivity contribution in [3.05, 3.63) is 11.8 Å². The standard InChI is InChI=1S/C8H18OSi/c1-6-7-8(2)9-10(3,4)5/h7H,6H2,1-5H3/b8-7-. The quantitative estimate of drug-likeness (QED) is 0.453. The van der Waals surface area contributed by atoms with Gasteiger partial charge in [-0.25, -0.2) is 0 Å². The smallest absolute Gasteiger partial charge is 0.241 e. The van der Waals surface area contributed by atoms with Crippen molar-refractivity contribution in [1.82, 2.24) is 0 Å². The predicted molar refractivity (Wildman–Crippen MR) is 48.5 cm³/mol. The fraction of sp³-hybridized carbons (Fsp3) is 0.750. The molecule has 0 fully saturated rings. The second kappa shape index (κ2) is 3.81. The summed E-state index contributed by atoms with van der Waals surface area (Å²) in [6.45, 7) is 10.7. The lowest BCUT2D eigenvalue weighted by atomic mass is 10.4. The second-order valence-corrected chi connectivity index (χ2v) is 7.87. The summed E-state index contributed by atoms with van der Waals surface area (Å²) in [5.41, 5.74) is 0. The maximum atomic E-state index is 5.68. The van der Waals surface area contributed by atoms with E-state index in [1.165, 1.54) is 0 Å². The highest BCUT2D eigenvalue weighted by atomic mass is 28.4. The van der Waals surface area contributed by atoms with E-state index in [2.05, 4.69) is 32.6 Å². The molecule has 0 saturated heterocycles. The van der Waals surface area contributed by atoms with E-state index < -0.39 is 8.32 Å². The van der Waals surface area contributed by atoms with Gasteiger partial charge in [-0.1, -0.05) is 6.92 Å². The van der Waals surface area contributed by atoms with Gasteiger partial charge in [-0.2, -0.15) is 0 Å². The first-order valence-electron chi connectivity index (χ1n) is 3.81. The second-order valence-electron chi connectivity index (χ2n) is 3.44. The molecule has 0 saturated carbocycles. The summed E-state index contributed by atoms with van der Waals surface area (Å²) < 4.78 is 5.68. The zero-order valence-corrected chi connectivity index (χ0v) is 8.69. The van der Waals surface area contributed by atoms with Crippen LogP contribution in [0.3, 0.4) is 0 Å². The Bertz CT molecular complexity index is 122. The van der Waals surface area contributed by atoms with E-state index in [4.69, 9.17) is 4.43 Å². The van der Waals surface area contributed by atoms with Crippen LogP contribution in [0.25, 0.3) is 0 Å². The van der Waals surface area contributed by atoms with E-state index in [9.17, 15) is 0 Å². The van der Waals surface area contributed by atoms with E-state index in [-0.39, 0.29) is 0 Å². The van der Waals surface area contributed by atoms with Crippen LogP contribution in [0.1, 0.15) is 20.3 Å². The first-order chi connectivity index (χ1) is 4.45. The Hall–Kier alpha value is -0.243. The van der Waals surface area contributed by atoms with Crippen LogP contribution in [-0.4, -0.2) is 8.32 Å². The van der Waals surface area contributed by atoms with Crippen molar-refractivity contribution in [3.63, 3.8) is 0 Å². The fourth-order valence-electron chi connectivity index (χ4n) is 0.812. The molecule has 0 aromatic carbocycles. The summed E-state index contributed by atoms with van der Waals surface area (Å²) >= 11 is 0. The summed E-state index contributed by atoms with van der Waals surface area (Å²) in [5.74, 6) is 1.08. The van der Waals surface area contributed by atoms with Crippen molar-refractivity contribution in [2.24, 2.45) is 0 Å². The van der Waals surface area contributed by atoms with Crippen molar-refractivity contribution in [2.45, 2.75) is 39.9 Å². The molecule has 60 valence electrons. The first kappa shape index (κ1) is 9.76. The van der Waals surface area contributed by atoms with Gasteiger partial charge in [0.15, 0.2) is 0 Å². The Labute approximate surface area is 65.2 Å². The Morgan fingerprint density at radius 1 is 1.40 bits per heavy atom. The molecule has 1 nitrogen and oxygen atoms in total. The highest BCUT2D eigenvalue weighted by molar-refractivity contribution is 6.70. The fourth-order valence-corrected chi connectivity index (χ4v) is 1.86. The molecular weight excluding hydrogens is 140 g/mol. The van der Waals surface area contributed by atoms with E-state index in [1.54, 1.807) is 0 Å². The van der Waals surface area contributed by atoms with Crippen molar-refractivity contribution in [2.75, 3.05) is 0 Å². The third kappa shape index (κ3) is 5.89. The molecule has 0 N–H and O–H groups in total. The zero-order chi connectivity index (χ0) is 8.20. The highest BCUT2D eigenvalue weighted by Gasteiger charge is 2.15. The van der Waals surface area contributed by atoms with Crippen molar-refractivity contribution >= 4 is 8.32 Å². The van der Waals surface area contributed by atoms with Crippen LogP contribution in [0, 0.1) is 0 Å². The van der Waals surface area contributed by atoms with Crippen LogP contribution >= 0.6 is 0 Å². The van der Waals surface area contributed by atoms with Crippen molar-refractivity contribution in [3.8, 4) is 0 Å². The van der Waals surface area contributed by atoms with Crippen LogP contribution < -0.4 is 0 Å². The molecule has 0 heterocycles. The number of hydrogen-bond acceptors (Lipinski definition) is 1. The summed E-state index contributed by atoms with van der Waals surface area (Å²) in [7, 11) is -1.33. The number of rotatable bonds is 3. The maximum absolute atomic E-state index is 5.68. The van der Waals surface area contributed by atoms with Gasteiger partial charge in [-0.3, -0.25) is 0 Å². The van der Waals surface area contributed by atoms with Gasteiger partial charge in [0.25, 0.3) is 0 Å². The van der Waals surface area contributed by atoms with Crippen LogP contribution in [0.15, 0.2) is 11.8 Å². The van der Waals surface area contributed by atoms with E-state index in [0.717, 1.165) is 12.2 Å². The Balaban J connectivity index is 3.79. The lowest BCUT2D eigenvalue weighted by molar-refractivity contribution is 0.422. The van der Waals surface area contributed by atoms with Gasteiger partial charge >= 0.3 is 0 Å². The molecule has 0 radical (unpaired) electrons. The molecule has 0 aliphatic rings. The molecule has 0 atom stereocenters. The molecule has 0 aliphatic heterocycles. The summed E-state index contributed by atoms with van der Waals surface area (Å²) in [5, 5.41) is 0. The zero-order valence-electron chi connectivity index (χ0n) is 7.69. The first-order valence-corrected chi connectivity index (χ1v) is 7.22. The van der Waals surface area contributed by atoms with Gasteiger partial charge in [0.1, 0.15) is 0 Å². The van der Waals surface area contributed by atoms with Crippen LogP contribution in [-0.2, 0) is 4.43 Å². The Morgan fingerprint density at radius 3 is 2.20 bits per heavy atom. The minimum Gasteiger partial charge on any atom is -0.548 e. The molecule has 0 spiro atoms. The molecule has 0 aliphatic carbocycles. The Morgan fingerprint density at radius 2 is 1.90 bits per heavy atom. The molecule has 2 heteroatoms. The summed E-state index contributed by atoms with van der Waals surface area (Å²) in [6.07, 6.45) is 3.19. The van der Waals surface area contributed by atoms with Gasteiger partial charge < -0.3 is 4.43 Å².